The third-order valence-electron chi connectivity index (χ3n) is 13.5. The van der Waals surface area contributed by atoms with Crippen molar-refractivity contribution < 1.29 is 72.9 Å². The van der Waals surface area contributed by atoms with Gasteiger partial charge in [-0.2, -0.15) is 0 Å². The first-order chi connectivity index (χ1) is 35.1. The van der Waals surface area contributed by atoms with E-state index in [-0.39, 0.29) is 83.8 Å². The third-order valence-corrected chi connectivity index (χ3v) is 13.5. The van der Waals surface area contributed by atoms with Crippen molar-refractivity contribution in [1.29, 1.82) is 0 Å². The maximum Gasteiger partial charge on any atom is 0.326 e. The number of carboxylic acids is 1. The largest absolute Gasteiger partial charge is 0.480 e. The molecule has 30 heteroatoms. The van der Waals surface area contributed by atoms with Crippen LogP contribution in [0.4, 0.5) is 0 Å². The number of nitrogens with two attached hydrogens (primary N) is 3. The zero-order valence-corrected chi connectivity index (χ0v) is 41.2. The number of aliphatic hydroxyl groups excluding tert-OH is 2. The molecule has 5 aliphatic heterocycles. The minimum Gasteiger partial charge on any atom is -0.480 e. The first kappa shape index (κ1) is 57.7. The van der Waals surface area contributed by atoms with Crippen LogP contribution in [0.1, 0.15) is 71.1 Å². The summed E-state index contributed by atoms with van der Waals surface area (Å²) in [6, 6.07) is -7.69. The Bertz CT molecular complexity index is 2200. The van der Waals surface area contributed by atoms with Crippen molar-refractivity contribution in [3.8, 4) is 0 Å². The molecule has 15 N–H and O–H groups in total. The molecule has 0 aromatic heterocycles. The van der Waals surface area contributed by atoms with Crippen LogP contribution in [-0.4, -0.2) is 243 Å². The van der Waals surface area contributed by atoms with Gasteiger partial charge in [-0.05, 0) is 58.3 Å². The summed E-state index contributed by atoms with van der Waals surface area (Å²) in [4.78, 5) is 166. The molecule has 74 heavy (non-hydrogen) atoms. The van der Waals surface area contributed by atoms with Crippen LogP contribution in [-0.2, 0) is 57.5 Å². The van der Waals surface area contributed by atoms with Crippen molar-refractivity contribution in [2.45, 2.75) is 126 Å². The van der Waals surface area contributed by atoms with Gasteiger partial charge >= 0.3 is 5.97 Å². The third kappa shape index (κ3) is 15.2. The molecule has 0 unspecified atom stereocenters. The number of rotatable bonds is 22. The number of aliphatic carboxylic acids is 1. The predicted octanol–water partition coefficient (Wildman–Crippen LogP) is -8.57. The van der Waals surface area contributed by atoms with Crippen molar-refractivity contribution in [2.75, 3.05) is 72.0 Å². The van der Waals surface area contributed by atoms with Gasteiger partial charge in [-0.15, -0.1) is 0 Å². The summed E-state index contributed by atoms with van der Waals surface area (Å²) in [6.07, 6.45) is 0.101. The average molecular weight is 1050 g/mol. The number of β-amino-alcohol motifs (C(OH)–C–C–N with tert-alkyl or cyclic N) is 2. The summed E-state index contributed by atoms with van der Waals surface area (Å²) >= 11 is 0. The van der Waals surface area contributed by atoms with Gasteiger partial charge in [0.1, 0.15) is 42.3 Å². The smallest absolute Gasteiger partial charge is 0.326 e. The van der Waals surface area contributed by atoms with E-state index in [9.17, 15) is 72.9 Å². The highest BCUT2D eigenvalue weighted by molar-refractivity contribution is 5.98. The molecule has 9 atom stereocenters. The lowest BCUT2D eigenvalue weighted by Gasteiger charge is -2.31. The van der Waals surface area contributed by atoms with Crippen LogP contribution < -0.4 is 49.1 Å². The van der Waals surface area contributed by atoms with Crippen molar-refractivity contribution in [3.05, 3.63) is 0 Å². The molecule has 5 aliphatic rings. The van der Waals surface area contributed by atoms with Crippen LogP contribution >= 0.6 is 0 Å². The Morgan fingerprint density at radius 1 is 0.581 bits per heavy atom. The number of guanidine groups is 1. The van der Waals surface area contributed by atoms with Gasteiger partial charge in [-0.1, -0.05) is 0 Å². The number of carbonyl (C=O) groups excluding carboxylic acids is 11. The molecule has 5 saturated heterocycles. The second kappa shape index (κ2) is 26.7. The number of hydrogen-bond donors (Lipinski definition) is 12. The number of nitrogens with one attached hydrogen (secondary N) is 6. The normalized spacial score (nSPS) is 24.1. The number of nitrogens with zero attached hydrogens (tertiary/aromatic N) is 6. The molecule has 0 aromatic rings. The first-order valence-electron chi connectivity index (χ1n) is 24.6. The molecule has 5 fully saturated rings. The number of amides is 11. The highest BCUT2D eigenvalue weighted by Crippen LogP contribution is 2.27. The molecule has 0 saturated carbocycles. The Kier molecular flexibility index (Phi) is 20.8. The lowest BCUT2D eigenvalue weighted by Crippen LogP contribution is -2.55. The van der Waals surface area contributed by atoms with Crippen LogP contribution in [0.25, 0.3) is 0 Å². The van der Waals surface area contributed by atoms with Gasteiger partial charge in [0, 0.05) is 52.1 Å². The number of carboxylic acid groups (broad SMARTS) is 1. The van der Waals surface area contributed by atoms with Gasteiger partial charge in [0.05, 0.1) is 44.9 Å². The summed E-state index contributed by atoms with van der Waals surface area (Å²) in [5.41, 5.74) is 16.1. The number of carbonyl (C=O) groups is 12. The highest BCUT2D eigenvalue weighted by Gasteiger charge is 2.47. The van der Waals surface area contributed by atoms with E-state index < -0.39 is 152 Å². The van der Waals surface area contributed by atoms with Gasteiger partial charge in [0.25, 0.3) is 0 Å². The number of aliphatic imine (C=N–C) groups is 1. The van der Waals surface area contributed by atoms with Crippen molar-refractivity contribution >= 4 is 76.9 Å². The lowest BCUT2D eigenvalue weighted by molar-refractivity contribution is -0.147. The zero-order chi connectivity index (χ0) is 54.4. The predicted molar refractivity (Wildman–Crippen MR) is 255 cm³/mol. The second-order valence-corrected chi connectivity index (χ2v) is 18.8. The fourth-order valence-corrected chi connectivity index (χ4v) is 9.81. The van der Waals surface area contributed by atoms with Crippen LogP contribution in [0.5, 0.6) is 0 Å². The molecule has 410 valence electrons. The fraction of sp³-hybridized carbons (Fsp3) is 0.705. The highest BCUT2D eigenvalue weighted by atomic mass is 16.4. The minimum absolute atomic E-state index is 0.0210. The van der Waals surface area contributed by atoms with Crippen LogP contribution in [0, 0.1) is 0 Å². The monoisotopic (exact) mass is 1050 g/mol. The maximum atomic E-state index is 13.9. The lowest BCUT2D eigenvalue weighted by atomic mass is 10.1. The van der Waals surface area contributed by atoms with E-state index in [1.807, 2.05) is 0 Å². The van der Waals surface area contributed by atoms with E-state index >= 15 is 0 Å². The SMILES string of the molecule is C[C@H](NC(=O)CNC(=O)[C@@H]1C[C@@H](O)CN1C(=O)[C@@H]1CCCN1C(=O)CN)C(=O)NCC(=O)NCC(=O)N1CCC[C@H]1C(=O)N1C[C@H](O)C[C@H]1C(=O)NCC(=O)N1CCC[C@H]1C(=O)N[C@@H](CCCN=C(N)N)C(=O)O. The van der Waals surface area contributed by atoms with Gasteiger partial charge < -0.3 is 88.9 Å². The number of aliphatic hydroxyl groups is 2. The van der Waals surface area contributed by atoms with Gasteiger partial charge in [0.2, 0.25) is 65.0 Å². The van der Waals surface area contributed by atoms with E-state index in [0.29, 0.717) is 32.2 Å². The Labute approximate surface area is 425 Å². The fourth-order valence-electron chi connectivity index (χ4n) is 9.81. The summed E-state index contributed by atoms with van der Waals surface area (Å²) in [5.74, 6) is -8.87. The zero-order valence-electron chi connectivity index (χ0n) is 41.2. The molecular weight excluding hydrogens is 979 g/mol. The van der Waals surface area contributed by atoms with E-state index in [4.69, 9.17) is 17.2 Å². The standard InChI is InChI=1S/C44H69N15O15/c1-23(53-33(63)18-51-38(68)30-14-24(60)21-58(30)41(71)28-8-4-12-56(28)34(64)16-45)37(67)50-17-32(62)49-19-35(65)57-13-5-9-29(57)42(72)59-22-25(61)15-31(59)39(69)52-20-36(66)55-11-3-7-27(55)40(70)54-26(43(73)74)6-2-10-48-44(46)47/h23-31,60-61H,2-22,45H2,1H3,(H,49,62)(H,50,67)(H,51,68)(H,52,69)(H,53,63)(H,54,70)(H,73,74)(H4,46,47,48)/t23-,24+,25+,26-,27-,28-,29-,30-,31-/m0/s1. The van der Waals surface area contributed by atoms with Gasteiger partial charge in [0.15, 0.2) is 5.96 Å². The van der Waals surface area contributed by atoms with E-state index in [0.717, 1.165) is 4.90 Å². The molecule has 5 rings (SSSR count). The molecule has 11 amide bonds. The Morgan fingerprint density at radius 2 is 1.05 bits per heavy atom. The minimum atomic E-state index is -1.29. The maximum absolute atomic E-state index is 13.9. The number of likely N-dealkylation sites (tertiary alicyclic amines) is 5. The van der Waals surface area contributed by atoms with Crippen molar-refractivity contribution in [2.24, 2.45) is 22.2 Å². The Hall–Kier alpha value is -7.21. The molecule has 5 heterocycles. The quantitative estimate of drug-likeness (QED) is 0.0272. The van der Waals surface area contributed by atoms with E-state index in [1.165, 1.54) is 26.5 Å². The van der Waals surface area contributed by atoms with E-state index in [1.54, 1.807) is 0 Å². The Morgan fingerprint density at radius 3 is 1.57 bits per heavy atom. The molecule has 0 radical (unpaired) electrons. The molecule has 30 nitrogen and oxygen atoms in total. The molecule has 0 spiro atoms. The first-order valence-corrected chi connectivity index (χ1v) is 24.6. The second-order valence-electron chi connectivity index (χ2n) is 18.8. The Balaban J connectivity index is 1.02. The van der Waals surface area contributed by atoms with Crippen LogP contribution in [0.2, 0.25) is 0 Å². The summed E-state index contributed by atoms with van der Waals surface area (Å²) in [6.45, 7) is -0.956. The summed E-state index contributed by atoms with van der Waals surface area (Å²) in [5, 5.41) is 44.8. The van der Waals surface area contributed by atoms with Crippen molar-refractivity contribution in [1.82, 2.24) is 56.4 Å². The molecule has 0 aliphatic carbocycles. The average Bonchev–Trinajstić information content (AvgIpc) is 4.24. The molecule has 0 aromatic carbocycles. The van der Waals surface area contributed by atoms with Crippen molar-refractivity contribution in [3.63, 3.8) is 0 Å². The number of hydrogen-bond acceptors (Lipinski definition) is 16. The summed E-state index contributed by atoms with van der Waals surface area (Å²) < 4.78 is 0. The molecular formula is C44H69N15O15. The van der Waals surface area contributed by atoms with Gasteiger partial charge in [-0.25, -0.2) is 4.79 Å². The molecule has 0 bridgehead atoms. The summed E-state index contributed by atoms with van der Waals surface area (Å²) in [7, 11) is 0. The topological polar surface area (TPSA) is 444 Å². The van der Waals surface area contributed by atoms with Crippen LogP contribution in [0.15, 0.2) is 4.99 Å². The van der Waals surface area contributed by atoms with Crippen LogP contribution in [0.3, 0.4) is 0 Å². The van der Waals surface area contributed by atoms with Gasteiger partial charge in [-0.3, -0.25) is 57.7 Å². The van der Waals surface area contributed by atoms with E-state index in [2.05, 4.69) is 36.9 Å².